The third-order valence-corrected chi connectivity index (χ3v) is 3.89. The fourth-order valence-electron chi connectivity index (χ4n) is 2.62. The lowest BCUT2D eigenvalue weighted by Crippen LogP contribution is -2.38. The maximum absolute atomic E-state index is 9.02. The maximum atomic E-state index is 9.02. The van der Waals surface area contributed by atoms with Crippen LogP contribution in [0.3, 0.4) is 0 Å². The largest absolute Gasteiger partial charge is 0.492 e. The van der Waals surface area contributed by atoms with E-state index in [2.05, 4.69) is 6.07 Å². The minimum absolute atomic E-state index is 0.112. The van der Waals surface area contributed by atoms with Crippen LogP contribution in [0.15, 0.2) is 24.3 Å². The van der Waals surface area contributed by atoms with Gasteiger partial charge in [0.1, 0.15) is 11.8 Å². The van der Waals surface area contributed by atoms with Crippen LogP contribution in [0.25, 0.3) is 0 Å². The molecule has 18 heavy (non-hydrogen) atoms. The minimum Gasteiger partial charge on any atom is -0.492 e. The highest BCUT2D eigenvalue weighted by molar-refractivity contribution is 5.42. The van der Waals surface area contributed by atoms with Crippen LogP contribution in [0.1, 0.15) is 37.7 Å². The molecule has 1 fully saturated rings. The lowest BCUT2D eigenvalue weighted by molar-refractivity contribution is 0.105. The number of para-hydroxylation sites is 1. The Morgan fingerprint density at radius 3 is 2.61 bits per heavy atom. The van der Waals surface area contributed by atoms with Gasteiger partial charge in [0.15, 0.2) is 0 Å². The number of nitrogens with two attached hydrogens (primary N) is 1. The van der Waals surface area contributed by atoms with Crippen molar-refractivity contribution in [3.63, 3.8) is 0 Å². The van der Waals surface area contributed by atoms with Crippen molar-refractivity contribution in [2.75, 3.05) is 13.2 Å². The van der Waals surface area contributed by atoms with Crippen molar-refractivity contribution in [1.82, 2.24) is 0 Å². The zero-order valence-electron chi connectivity index (χ0n) is 10.7. The molecule has 0 atom stereocenters. The van der Waals surface area contributed by atoms with Gasteiger partial charge in [0, 0.05) is 12.0 Å². The number of nitriles is 1. The van der Waals surface area contributed by atoms with Gasteiger partial charge in [0.2, 0.25) is 0 Å². The summed E-state index contributed by atoms with van der Waals surface area (Å²) in [6.07, 6.45) is 6.05. The Morgan fingerprint density at radius 2 is 1.94 bits per heavy atom. The first-order valence-corrected chi connectivity index (χ1v) is 6.62. The normalized spacial score (nSPS) is 18.0. The SMILES string of the molecule is N#Cc1ccccc1OCC1(CN)CCCCC1. The molecule has 1 aliphatic carbocycles. The summed E-state index contributed by atoms with van der Waals surface area (Å²) in [5, 5.41) is 9.02. The molecule has 1 aromatic carbocycles. The smallest absolute Gasteiger partial charge is 0.137 e. The van der Waals surface area contributed by atoms with Gasteiger partial charge in [-0.1, -0.05) is 31.4 Å². The molecule has 0 aromatic heterocycles. The topological polar surface area (TPSA) is 59.0 Å². The van der Waals surface area contributed by atoms with E-state index >= 15 is 0 Å². The van der Waals surface area contributed by atoms with Crippen LogP contribution >= 0.6 is 0 Å². The third-order valence-electron chi connectivity index (χ3n) is 3.89. The first-order chi connectivity index (χ1) is 8.79. The highest BCUT2D eigenvalue weighted by atomic mass is 16.5. The second-order valence-electron chi connectivity index (χ2n) is 5.16. The summed E-state index contributed by atoms with van der Waals surface area (Å²) in [5.41, 5.74) is 6.64. The number of nitrogens with zero attached hydrogens (tertiary/aromatic N) is 1. The third kappa shape index (κ3) is 2.83. The molecule has 3 nitrogen and oxygen atoms in total. The van der Waals surface area contributed by atoms with E-state index in [1.54, 1.807) is 6.07 Å². The zero-order valence-corrected chi connectivity index (χ0v) is 10.7. The minimum atomic E-state index is 0.112. The number of hydrogen-bond acceptors (Lipinski definition) is 3. The first kappa shape index (κ1) is 12.9. The fourth-order valence-corrected chi connectivity index (χ4v) is 2.62. The van der Waals surface area contributed by atoms with Crippen molar-refractivity contribution in [2.24, 2.45) is 11.1 Å². The van der Waals surface area contributed by atoms with Gasteiger partial charge in [-0.3, -0.25) is 0 Å². The van der Waals surface area contributed by atoms with E-state index in [9.17, 15) is 0 Å². The van der Waals surface area contributed by atoms with E-state index in [0.717, 1.165) is 12.8 Å². The summed E-state index contributed by atoms with van der Waals surface area (Å²) in [5.74, 6) is 0.679. The molecule has 0 heterocycles. The van der Waals surface area contributed by atoms with Gasteiger partial charge < -0.3 is 10.5 Å². The predicted octanol–water partition coefficient (Wildman–Crippen LogP) is 2.85. The molecule has 2 rings (SSSR count). The average Bonchev–Trinajstić information content (AvgIpc) is 2.46. The standard InChI is InChI=1S/C15H20N2O/c16-10-13-6-2-3-7-14(13)18-12-15(11-17)8-4-1-5-9-15/h2-3,6-7H,1,4-5,8-9,11-12,17H2. The maximum Gasteiger partial charge on any atom is 0.137 e. The lowest BCUT2D eigenvalue weighted by Gasteiger charge is -2.35. The molecule has 96 valence electrons. The molecule has 0 radical (unpaired) electrons. The summed E-state index contributed by atoms with van der Waals surface area (Å²) in [6, 6.07) is 9.54. The van der Waals surface area contributed by atoms with Crippen molar-refractivity contribution >= 4 is 0 Å². The summed E-state index contributed by atoms with van der Waals surface area (Å²) >= 11 is 0. The molecule has 1 aromatic rings. The van der Waals surface area contributed by atoms with Crippen LogP contribution in [-0.4, -0.2) is 13.2 Å². The number of rotatable bonds is 4. The summed E-state index contributed by atoms with van der Waals surface area (Å²) in [4.78, 5) is 0. The molecule has 0 aliphatic heterocycles. The Bertz CT molecular complexity index is 430. The van der Waals surface area contributed by atoms with Crippen LogP contribution in [0, 0.1) is 16.7 Å². The van der Waals surface area contributed by atoms with E-state index in [4.69, 9.17) is 15.7 Å². The highest BCUT2D eigenvalue weighted by Gasteiger charge is 2.31. The van der Waals surface area contributed by atoms with E-state index in [1.807, 2.05) is 18.2 Å². The van der Waals surface area contributed by atoms with Crippen molar-refractivity contribution in [2.45, 2.75) is 32.1 Å². The van der Waals surface area contributed by atoms with Gasteiger partial charge in [-0.05, 0) is 25.0 Å². The number of ether oxygens (including phenoxy) is 1. The molecule has 3 heteroatoms. The first-order valence-electron chi connectivity index (χ1n) is 6.62. The van der Waals surface area contributed by atoms with Gasteiger partial charge in [-0.25, -0.2) is 0 Å². The Hall–Kier alpha value is -1.53. The molecule has 1 saturated carbocycles. The van der Waals surface area contributed by atoms with Crippen molar-refractivity contribution in [3.05, 3.63) is 29.8 Å². The Morgan fingerprint density at radius 1 is 1.22 bits per heavy atom. The number of hydrogen-bond donors (Lipinski definition) is 1. The van der Waals surface area contributed by atoms with Crippen molar-refractivity contribution in [3.8, 4) is 11.8 Å². The Labute approximate surface area is 109 Å². The van der Waals surface area contributed by atoms with Crippen LogP contribution in [0.4, 0.5) is 0 Å². The molecule has 1 aliphatic rings. The molecule has 2 N–H and O–H groups in total. The second-order valence-corrected chi connectivity index (χ2v) is 5.16. The molecule has 0 amide bonds. The summed E-state index contributed by atoms with van der Waals surface area (Å²) in [6.45, 7) is 1.30. The van der Waals surface area contributed by atoms with Gasteiger partial charge in [0.05, 0.1) is 12.2 Å². The molecule has 0 bridgehead atoms. The van der Waals surface area contributed by atoms with Crippen LogP contribution in [0.5, 0.6) is 5.75 Å². The molecule has 0 saturated heterocycles. The lowest BCUT2D eigenvalue weighted by atomic mass is 9.75. The molecule has 0 unspecified atom stereocenters. The van der Waals surface area contributed by atoms with Crippen molar-refractivity contribution < 1.29 is 4.74 Å². The van der Waals surface area contributed by atoms with Crippen LogP contribution in [0.2, 0.25) is 0 Å². The van der Waals surface area contributed by atoms with Crippen molar-refractivity contribution in [1.29, 1.82) is 5.26 Å². The second kappa shape index (κ2) is 5.88. The fraction of sp³-hybridized carbons (Fsp3) is 0.533. The highest BCUT2D eigenvalue weighted by Crippen LogP contribution is 2.36. The summed E-state index contributed by atoms with van der Waals surface area (Å²) in [7, 11) is 0. The van der Waals surface area contributed by atoms with E-state index in [0.29, 0.717) is 24.5 Å². The summed E-state index contributed by atoms with van der Waals surface area (Å²) < 4.78 is 5.86. The molecule has 0 spiro atoms. The predicted molar refractivity (Wildman–Crippen MR) is 71.2 cm³/mol. The van der Waals surface area contributed by atoms with Gasteiger partial charge >= 0.3 is 0 Å². The Kier molecular flexibility index (Phi) is 4.22. The molecular weight excluding hydrogens is 224 g/mol. The van der Waals surface area contributed by atoms with Gasteiger partial charge in [-0.15, -0.1) is 0 Å². The Balaban J connectivity index is 2.03. The molecular formula is C15H20N2O. The zero-order chi connectivity index (χ0) is 12.8. The van der Waals surface area contributed by atoms with Crippen LogP contribution < -0.4 is 10.5 Å². The van der Waals surface area contributed by atoms with E-state index in [-0.39, 0.29) is 5.41 Å². The number of benzene rings is 1. The van der Waals surface area contributed by atoms with E-state index in [1.165, 1.54) is 19.3 Å². The van der Waals surface area contributed by atoms with E-state index < -0.39 is 0 Å². The quantitative estimate of drug-likeness (QED) is 0.886. The van der Waals surface area contributed by atoms with Gasteiger partial charge in [0.25, 0.3) is 0 Å². The van der Waals surface area contributed by atoms with Crippen LogP contribution in [-0.2, 0) is 0 Å². The average molecular weight is 244 g/mol. The monoisotopic (exact) mass is 244 g/mol. The van der Waals surface area contributed by atoms with Gasteiger partial charge in [-0.2, -0.15) is 5.26 Å².